The summed E-state index contributed by atoms with van der Waals surface area (Å²) < 4.78 is 32.5. The summed E-state index contributed by atoms with van der Waals surface area (Å²) in [5.41, 5.74) is -0.124. The van der Waals surface area contributed by atoms with Crippen molar-refractivity contribution >= 4 is 28.5 Å². The number of nitrogens with one attached hydrogen (secondary N) is 1. The van der Waals surface area contributed by atoms with E-state index >= 15 is 0 Å². The summed E-state index contributed by atoms with van der Waals surface area (Å²) in [6, 6.07) is 11.1. The van der Waals surface area contributed by atoms with Crippen molar-refractivity contribution in [1.29, 1.82) is 0 Å². The van der Waals surface area contributed by atoms with E-state index in [2.05, 4.69) is 10.5 Å². The standard InChI is InChI=1S/C20H16F2N2O4/c1-2-5-18(25)28-24-20-14(10-12-6-3-4-7-17(12)27-20)19(26)23-16-9-8-13(21)11-15(16)22/h3-4,6-11H,2,5H2,1H3,(H,23,26). The molecule has 1 aromatic heterocycles. The molecule has 0 radical (unpaired) electrons. The maximum atomic E-state index is 13.8. The number of rotatable bonds is 5. The van der Waals surface area contributed by atoms with Gasteiger partial charge in [-0.3, -0.25) is 4.79 Å². The Balaban J connectivity index is 2.01. The highest BCUT2D eigenvalue weighted by Gasteiger charge is 2.16. The van der Waals surface area contributed by atoms with E-state index in [1.54, 1.807) is 31.2 Å². The first-order valence-electron chi connectivity index (χ1n) is 8.51. The average molecular weight is 386 g/mol. The van der Waals surface area contributed by atoms with Crippen LogP contribution >= 0.6 is 0 Å². The zero-order chi connectivity index (χ0) is 20.1. The summed E-state index contributed by atoms with van der Waals surface area (Å²) >= 11 is 0. The first-order valence-corrected chi connectivity index (χ1v) is 8.51. The Morgan fingerprint density at radius 1 is 1.14 bits per heavy atom. The molecule has 0 spiro atoms. The molecule has 0 fully saturated rings. The maximum absolute atomic E-state index is 13.8. The van der Waals surface area contributed by atoms with Crippen LogP contribution in [0.3, 0.4) is 0 Å². The molecule has 0 unspecified atom stereocenters. The van der Waals surface area contributed by atoms with Crippen LogP contribution in [0, 0.1) is 11.6 Å². The van der Waals surface area contributed by atoms with Crippen LogP contribution in [-0.2, 0) is 9.63 Å². The second kappa shape index (κ2) is 8.43. The van der Waals surface area contributed by atoms with Gasteiger partial charge in [-0.2, -0.15) is 0 Å². The second-order valence-electron chi connectivity index (χ2n) is 5.89. The van der Waals surface area contributed by atoms with E-state index < -0.39 is 23.5 Å². The largest absolute Gasteiger partial charge is 0.435 e. The highest BCUT2D eigenvalue weighted by atomic mass is 19.1. The van der Waals surface area contributed by atoms with Gasteiger partial charge in [0.1, 0.15) is 22.8 Å². The van der Waals surface area contributed by atoms with Crippen molar-refractivity contribution in [3.63, 3.8) is 0 Å². The van der Waals surface area contributed by atoms with Gasteiger partial charge >= 0.3 is 5.97 Å². The van der Waals surface area contributed by atoms with Gasteiger partial charge < -0.3 is 14.6 Å². The minimum absolute atomic E-state index is 0.0771. The Morgan fingerprint density at radius 2 is 1.93 bits per heavy atom. The van der Waals surface area contributed by atoms with Gasteiger partial charge in [0.05, 0.1) is 5.69 Å². The lowest BCUT2D eigenvalue weighted by molar-refractivity contribution is -0.144. The van der Waals surface area contributed by atoms with Gasteiger partial charge in [0.2, 0.25) is 0 Å². The summed E-state index contributed by atoms with van der Waals surface area (Å²) in [4.78, 5) is 29.0. The smallest absolute Gasteiger partial charge is 0.335 e. The fourth-order valence-corrected chi connectivity index (χ4v) is 2.42. The number of carbonyl (C=O) groups excluding carboxylic acids is 2. The van der Waals surface area contributed by atoms with Crippen LogP contribution in [0.25, 0.3) is 11.0 Å². The quantitative estimate of drug-likeness (QED) is 0.528. The van der Waals surface area contributed by atoms with Gasteiger partial charge in [-0.1, -0.05) is 25.1 Å². The van der Waals surface area contributed by atoms with Gasteiger partial charge in [0.15, 0.2) is 0 Å². The van der Waals surface area contributed by atoms with E-state index in [4.69, 9.17) is 9.25 Å². The molecule has 0 saturated heterocycles. The monoisotopic (exact) mass is 386 g/mol. The molecule has 1 heterocycles. The van der Waals surface area contributed by atoms with Crippen molar-refractivity contribution < 1.29 is 27.6 Å². The van der Waals surface area contributed by atoms with Crippen LogP contribution in [0.5, 0.6) is 0 Å². The minimum atomic E-state index is -0.932. The average Bonchev–Trinajstić information content (AvgIpc) is 2.68. The van der Waals surface area contributed by atoms with Crippen LogP contribution in [0.4, 0.5) is 14.5 Å². The van der Waals surface area contributed by atoms with Crippen molar-refractivity contribution in [1.82, 2.24) is 0 Å². The zero-order valence-corrected chi connectivity index (χ0v) is 14.9. The van der Waals surface area contributed by atoms with E-state index in [0.717, 1.165) is 12.1 Å². The van der Waals surface area contributed by atoms with Crippen molar-refractivity contribution in [3.8, 4) is 0 Å². The lowest BCUT2D eigenvalue weighted by Crippen LogP contribution is -2.23. The van der Waals surface area contributed by atoms with Gasteiger partial charge in [-0.25, -0.2) is 13.6 Å². The molecule has 0 saturated carbocycles. The number of para-hydroxylation sites is 1. The number of hydrogen-bond acceptors (Lipinski definition) is 5. The molecule has 3 rings (SSSR count). The normalized spacial score (nSPS) is 11.5. The molecule has 0 aliphatic carbocycles. The molecule has 1 amide bonds. The summed E-state index contributed by atoms with van der Waals surface area (Å²) in [7, 11) is 0. The molecule has 0 atom stereocenters. The molecular formula is C20H16F2N2O4. The van der Waals surface area contributed by atoms with Crippen molar-refractivity contribution in [2.75, 3.05) is 5.32 Å². The number of fused-ring (bicyclic) bond motifs is 1. The molecule has 0 aliphatic rings. The molecule has 0 bridgehead atoms. The second-order valence-corrected chi connectivity index (χ2v) is 5.89. The minimum Gasteiger partial charge on any atom is -0.435 e. The number of benzene rings is 2. The molecule has 1 N–H and O–H groups in total. The number of carbonyl (C=O) groups is 2. The van der Waals surface area contributed by atoms with Crippen LogP contribution in [0.1, 0.15) is 30.1 Å². The highest BCUT2D eigenvalue weighted by Crippen LogP contribution is 2.17. The van der Waals surface area contributed by atoms with Crippen molar-refractivity contribution in [2.45, 2.75) is 19.8 Å². The van der Waals surface area contributed by atoms with Gasteiger partial charge in [-0.05, 0) is 35.8 Å². The summed E-state index contributed by atoms with van der Waals surface area (Å²) in [5.74, 6) is -3.04. The molecule has 6 nitrogen and oxygen atoms in total. The molecule has 8 heteroatoms. The van der Waals surface area contributed by atoms with Crippen LogP contribution in [0.15, 0.2) is 58.1 Å². The van der Waals surface area contributed by atoms with Gasteiger partial charge in [0, 0.05) is 17.9 Å². The number of halogens is 2. The first kappa shape index (κ1) is 19.2. The maximum Gasteiger partial charge on any atom is 0.335 e. The highest BCUT2D eigenvalue weighted by molar-refractivity contribution is 6.05. The topological polar surface area (TPSA) is 80.9 Å². The molecule has 144 valence electrons. The van der Waals surface area contributed by atoms with Gasteiger partial charge in [-0.15, -0.1) is 0 Å². The third-order valence-electron chi connectivity index (χ3n) is 3.76. The molecule has 3 aromatic rings. The van der Waals surface area contributed by atoms with Crippen LogP contribution in [0.2, 0.25) is 0 Å². The van der Waals surface area contributed by atoms with Crippen LogP contribution < -0.4 is 10.9 Å². The fraction of sp³-hybridized carbons (Fsp3) is 0.150. The summed E-state index contributed by atoms with van der Waals surface area (Å²) in [6.07, 6.45) is 0.722. The Morgan fingerprint density at radius 3 is 2.68 bits per heavy atom. The Hall–Kier alpha value is -3.55. The van der Waals surface area contributed by atoms with Crippen molar-refractivity contribution in [3.05, 3.63) is 71.3 Å². The predicted octanol–water partition coefficient (Wildman–Crippen LogP) is 4.12. The zero-order valence-electron chi connectivity index (χ0n) is 14.9. The first-order chi connectivity index (χ1) is 13.5. The third-order valence-corrected chi connectivity index (χ3v) is 3.76. The van der Waals surface area contributed by atoms with E-state index in [1.165, 1.54) is 6.07 Å². The Bertz CT molecular complexity index is 1110. The van der Waals surface area contributed by atoms with E-state index in [1.807, 2.05) is 0 Å². The molecular weight excluding hydrogens is 370 g/mol. The lowest BCUT2D eigenvalue weighted by Gasteiger charge is -2.07. The Labute approximate surface area is 158 Å². The summed E-state index contributed by atoms with van der Waals surface area (Å²) in [5, 5.41) is 6.56. The Kier molecular flexibility index (Phi) is 5.78. The number of nitrogens with zero attached hydrogens (tertiary/aromatic N) is 1. The van der Waals surface area contributed by atoms with Gasteiger partial charge in [0.25, 0.3) is 11.5 Å². The van der Waals surface area contributed by atoms with Crippen molar-refractivity contribution in [2.24, 2.45) is 5.16 Å². The van der Waals surface area contributed by atoms with Crippen LogP contribution in [-0.4, -0.2) is 11.9 Å². The molecule has 2 aromatic carbocycles. The SMILES string of the molecule is CCCC(=O)ON=c1oc2ccccc2cc1C(=O)Nc1ccc(F)cc1F. The fourth-order valence-electron chi connectivity index (χ4n) is 2.42. The predicted molar refractivity (Wildman–Crippen MR) is 97.1 cm³/mol. The summed E-state index contributed by atoms with van der Waals surface area (Å²) in [6.45, 7) is 1.80. The van der Waals surface area contributed by atoms with E-state index in [9.17, 15) is 18.4 Å². The number of hydrogen-bond donors (Lipinski definition) is 1. The third kappa shape index (κ3) is 4.40. The molecule has 28 heavy (non-hydrogen) atoms. The number of amides is 1. The van der Waals surface area contributed by atoms with E-state index in [-0.39, 0.29) is 23.2 Å². The number of anilines is 1. The molecule has 0 aliphatic heterocycles. The van der Waals surface area contributed by atoms with E-state index in [0.29, 0.717) is 23.5 Å². The lowest BCUT2D eigenvalue weighted by atomic mass is 10.1.